The van der Waals surface area contributed by atoms with Crippen molar-refractivity contribution in [1.82, 2.24) is 10.2 Å². The van der Waals surface area contributed by atoms with E-state index in [1.54, 1.807) is 24.3 Å². The van der Waals surface area contributed by atoms with Crippen LogP contribution in [-0.2, 0) is 20.8 Å². The number of nitrogens with two attached hydrogens (primary N) is 1. The molecule has 0 radical (unpaired) electrons. The van der Waals surface area contributed by atoms with Gasteiger partial charge in [0.1, 0.15) is 17.8 Å². The van der Waals surface area contributed by atoms with E-state index in [0.717, 1.165) is 5.56 Å². The number of likely N-dealkylation sites (tertiary alicyclic amines) is 1. The van der Waals surface area contributed by atoms with E-state index in [9.17, 15) is 19.5 Å². The Morgan fingerprint density at radius 2 is 2.16 bits per heavy atom. The zero-order chi connectivity index (χ0) is 18.6. The third kappa shape index (κ3) is 4.69. The van der Waals surface area contributed by atoms with Gasteiger partial charge in [-0.15, -0.1) is 0 Å². The zero-order valence-electron chi connectivity index (χ0n) is 14.3. The number of primary amides is 1. The molecule has 136 valence electrons. The van der Waals surface area contributed by atoms with Crippen LogP contribution in [0.15, 0.2) is 24.3 Å². The molecule has 0 saturated carbocycles. The first kappa shape index (κ1) is 18.7. The van der Waals surface area contributed by atoms with Gasteiger partial charge in [-0.05, 0) is 17.7 Å². The monoisotopic (exact) mass is 349 g/mol. The molecule has 0 unspecified atom stereocenters. The number of methoxy groups -OCH3 is 1. The summed E-state index contributed by atoms with van der Waals surface area (Å²) in [6.45, 7) is 1.44. The van der Waals surface area contributed by atoms with Gasteiger partial charge in [0, 0.05) is 26.3 Å². The highest BCUT2D eigenvalue weighted by Crippen LogP contribution is 2.19. The summed E-state index contributed by atoms with van der Waals surface area (Å²) in [6, 6.07) is 5.37. The van der Waals surface area contributed by atoms with Crippen molar-refractivity contribution >= 4 is 17.7 Å². The largest absolute Gasteiger partial charge is 0.497 e. The highest BCUT2D eigenvalue weighted by Gasteiger charge is 2.38. The number of carbonyl (C=O) groups excluding carboxylic acids is 3. The minimum Gasteiger partial charge on any atom is -0.497 e. The van der Waals surface area contributed by atoms with E-state index < -0.39 is 30.0 Å². The number of aliphatic hydroxyl groups is 1. The molecule has 1 aromatic carbocycles. The minimum absolute atomic E-state index is 0.102. The number of nitrogens with zero attached hydrogens (tertiary/aromatic N) is 1. The van der Waals surface area contributed by atoms with E-state index in [1.165, 1.54) is 18.9 Å². The van der Waals surface area contributed by atoms with Gasteiger partial charge < -0.3 is 25.8 Å². The maximum absolute atomic E-state index is 12.5. The van der Waals surface area contributed by atoms with Gasteiger partial charge in [0.05, 0.1) is 13.2 Å². The molecule has 3 amide bonds. The van der Waals surface area contributed by atoms with E-state index in [4.69, 9.17) is 10.5 Å². The van der Waals surface area contributed by atoms with Crippen molar-refractivity contribution in [2.75, 3.05) is 13.7 Å². The Balaban J connectivity index is 2.09. The number of hydrogen-bond acceptors (Lipinski definition) is 5. The fourth-order valence-electron chi connectivity index (χ4n) is 2.94. The molecule has 4 N–H and O–H groups in total. The van der Waals surface area contributed by atoms with Crippen molar-refractivity contribution in [1.29, 1.82) is 0 Å². The van der Waals surface area contributed by atoms with Crippen LogP contribution in [-0.4, -0.2) is 59.6 Å². The first-order valence-corrected chi connectivity index (χ1v) is 7.99. The number of β-amino-alcohol motifs (C(OH)–C–C–N with tert-alkyl or cyclic N) is 1. The van der Waals surface area contributed by atoms with Crippen LogP contribution in [0.5, 0.6) is 5.75 Å². The number of hydrogen-bond donors (Lipinski definition) is 3. The lowest BCUT2D eigenvalue weighted by molar-refractivity contribution is -0.138. The Morgan fingerprint density at radius 1 is 1.44 bits per heavy atom. The predicted octanol–water partition coefficient (Wildman–Crippen LogP) is -0.810. The third-order valence-electron chi connectivity index (χ3n) is 4.22. The molecule has 1 fully saturated rings. The summed E-state index contributed by atoms with van der Waals surface area (Å²) in [5.74, 6) is -0.851. The van der Waals surface area contributed by atoms with Crippen molar-refractivity contribution < 1.29 is 24.2 Å². The summed E-state index contributed by atoms with van der Waals surface area (Å²) < 4.78 is 5.14. The minimum atomic E-state index is -0.925. The van der Waals surface area contributed by atoms with Crippen LogP contribution in [0, 0.1) is 0 Å². The number of ether oxygens (including phenoxy) is 1. The highest BCUT2D eigenvalue weighted by molar-refractivity contribution is 5.91. The van der Waals surface area contributed by atoms with Crippen LogP contribution in [0.2, 0.25) is 0 Å². The lowest BCUT2D eigenvalue weighted by atomic mass is 10.0. The molecule has 1 aliphatic rings. The molecule has 25 heavy (non-hydrogen) atoms. The van der Waals surface area contributed by atoms with Gasteiger partial charge in [-0.2, -0.15) is 0 Å². The van der Waals surface area contributed by atoms with E-state index >= 15 is 0 Å². The quantitative estimate of drug-likeness (QED) is 0.620. The van der Waals surface area contributed by atoms with Crippen molar-refractivity contribution in [2.45, 2.75) is 38.0 Å². The Morgan fingerprint density at radius 3 is 2.76 bits per heavy atom. The van der Waals surface area contributed by atoms with E-state index in [-0.39, 0.29) is 25.3 Å². The normalized spacial score (nSPS) is 20.8. The molecule has 0 spiro atoms. The molecular weight excluding hydrogens is 326 g/mol. The standard InChI is InChI=1S/C17H23N3O5/c1-10(21)20-9-12(22)8-15(20)17(24)19-14(16(18)23)7-11-4-3-5-13(6-11)25-2/h3-6,12,14-15,22H,7-9H2,1-2H3,(H2,18,23)(H,19,24)/t12-,14+,15+/m1/s1. The topological polar surface area (TPSA) is 122 Å². The SMILES string of the molecule is COc1cccc(C[C@H](NC(=O)[C@@H]2C[C@@H](O)CN2C(C)=O)C(N)=O)c1. The summed E-state index contributed by atoms with van der Waals surface area (Å²) in [4.78, 5) is 37.1. The number of nitrogens with one attached hydrogen (secondary N) is 1. The van der Waals surface area contributed by atoms with Crippen LogP contribution < -0.4 is 15.8 Å². The zero-order valence-corrected chi connectivity index (χ0v) is 14.3. The van der Waals surface area contributed by atoms with Gasteiger partial charge in [0.2, 0.25) is 17.7 Å². The molecule has 1 aliphatic heterocycles. The van der Waals surface area contributed by atoms with E-state index in [2.05, 4.69) is 5.32 Å². The maximum atomic E-state index is 12.5. The fourth-order valence-corrected chi connectivity index (χ4v) is 2.94. The average Bonchev–Trinajstić information content (AvgIpc) is 2.96. The molecule has 3 atom stereocenters. The summed E-state index contributed by atoms with van der Waals surface area (Å²) in [5.41, 5.74) is 6.19. The smallest absolute Gasteiger partial charge is 0.243 e. The van der Waals surface area contributed by atoms with E-state index in [1.807, 2.05) is 0 Å². The third-order valence-corrected chi connectivity index (χ3v) is 4.22. The molecule has 2 rings (SSSR count). The van der Waals surface area contributed by atoms with Crippen LogP contribution in [0.1, 0.15) is 18.9 Å². The van der Waals surface area contributed by atoms with Crippen LogP contribution >= 0.6 is 0 Å². The number of aliphatic hydroxyl groups excluding tert-OH is 1. The van der Waals surface area contributed by atoms with Gasteiger partial charge in [0.25, 0.3) is 0 Å². The molecule has 1 saturated heterocycles. The van der Waals surface area contributed by atoms with Gasteiger partial charge in [-0.25, -0.2) is 0 Å². The Kier molecular flexibility index (Phi) is 5.97. The number of rotatable bonds is 6. The summed E-state index contributed by atoms with van der Waals surface area (Å²) in [7, 11) is 1.54. The number of benzene rings is 1. The second kappa shape index (κ2) is 7.98. The lowest BCUT2D eigenvalue weighted by Crippen LogP contribution is -2.52. The molecule has 1 aromatic rings. The van der Waals surface area contributed by atoms with Crippen molar-refractivity contribution in [2.24, 2.45) is 5.73 Å². The second-order valence-corrected chi connectivity index (χ2v) is 6.10. The molecule has 1 heterocycles. The first-order chi connectivity index (χ1) is 11.8. The lowest BCUT2D eigenvalue weighted by Gasteiger charge is -2.24. The maximum Gasteiger partial charge on any atom is 0.243 e. The number of amides is 3. The molecule has 8 heteroatoms. The first-order valence-electron chi connectivity index (χ1n) is 7.99. The number of carbonyl (C=O) groups is 3. The van der Waals surface area contributed by atoms with Gasteiger partial charge in [-0.3, -0.25) is 14.4 Å². The molecular formula is C17H23N3O5. The van der Waals surface area contributed by atoms with Gasteiger partial charge in [0.15, 0.2) is 0 Å². The highest BCUT2D eigenvalue weighted by atomic mass is 16.5. The fraction of sp³-hybridized carbons (Fsp3) is 0.471. The summed E-state index contributed by atoms with van der Waals surface area (Å²) >= 11 is 0. The van der Waals surface area contributed by atoms with E-state index in [0.29, 0.717) is 5.75 Å². The molecule has 0 aliphatic carbocycles. The van der Waals surface area contributed by atoms with Crippen molar-refractivity contribution in [3.8, 4) is 5.75 Å². The van der Waals surface area contributed by atoms with Crippen LogP contribution in [0.4, 0.5) is 0 Å². The Hall–Kier alpha value is -2.61. The molecule has 8 nitrogen and oxygen atoms in total. The second-order valence-electron chi connectivity index (χ2n) is 6.10. The van der Waals surface area contributed by atoms with Gasteiger partial charge >= 0.3 is 0 Å². The average molecular weight is 349 g/mol. The Labute approximate surface area is 145 Å². The summed E-state index contributed by atoms with van der Waals surface area (Å²) in [5, 5.41) is 12.3. The Bertz CT molecular complexity index is 663. The van der Waals surface area contributed by atoms with Crippen molar-refractivity contribution in [3.63, 3.8) is 0 Å². The van der Waals surface area contributed by atoms with Crippen LogP contribution in [0.25, 0.3) is 0 Å². The molecule has 0 bridgehead atoms. The van der Waals surface area contributed by atoms with Crippen LogP contribution in [0.3, 0.4) is 0 Å². The summed E-state index contributed by atoms with van der Waals surface area (Å²) in [6.07, 6.45) is -0.422. The molecule has 0 aromatic heterocycles. The predicted molar refractivity (Wildman–Crippen MR) is 89.6 cm³/mol. The van der Waals surface area contributed by atoms with Crippen molar-refractivity contribution in [3.05, 3.63) is 29.8 Å². The van der Waals surface area contributed by atoms with Gasteiger partial charge in [-0.1, -0.05) is 12.1 Å².